The summed E-state index contributed by atoms with van der Waals surface area (Å²) >= 11 is 5.66. The van der Waals surface area contributed by atoms with Crippen LogP contribution in [0.15, 0.2) is 40.2 Å². The number of carbonyl (C=O) groups is 1. The Hall–Kier alpha value is -2.34. The summed E-state index contributed by atoms with van der Waals surface area (Å²) in [6.07, 6.45) is 0. The quantitative estimate of drug-likeness (QED) is 0.694. The van der Waals surface area contributed by atoms with Crippen molar-refractivity contribution in [2.75, 3.05) is 5.43 Å². The molecule has 2 rings (SSSR count). The molecule has 0 aliphatic heterocycles. The van der Waals surface area contributed by atoms with Crippen LogP contribution < -0.4 is 11.0 Å². The van der Waals surface area contributed by atoms with Crippen LogP contribution >= 0.6 is 11.6 Å². The first-order chi connectivity index (χ1) is 9.93. The van der Waals surface area contributed by atoms with E-state index in [0.29, 0.717) is 5.69 Å². The van der Waals surface area contributed by atoms with Crippen molar-refractivity contribution >= 4 is 28.2 Å². The van der Waals surface area contributed by atoms with Gasteiger partial charge in [-0.3, -0.25) is 19.7 Å². The van der Waals surface area contributed by atoms with E-state index in [4.69, 9.17) is 11.6 Å². The van der Waals surface area contributed by atoms with E-state index in [1.54, 1.807) is 18.7 Å². The van der Waals surface area contributed by atoms with Gasteiger partial charge in [-0.2, -0.15) is 5.10 Å². The first-order valence-electron chi connectivity index (χ1n) is 6.27. The number of hydrogen-bond acceptors (Lipinski definition) is 4. The summed E-state index contributed by atoms with van der Waals surface area (Å²) in [6.45, 7) is 3.08. The number of benzene rings is 1. The Labute approximate surface area is 126 Å². The number of Topliss-reactive ketones (excluding diaryl/α,β-unsaturated/α-hetero) is 1. The summed E-state index contributed by atoms with van der Waals surface area (Å²) in [6, 6.07) is 9.23. The molecular weight excluding hydrogens is 292 g/mol. The van der Waals surface area contributed by atoms with Crippen LogP contribution in [0, 0.1) is 6.92 Å². The minimum Gasteiger partial charge on any atom is -0.292 e. The highest BCUT2D eigenvalue weighted by Crippen LogP contribution is 2.13. The average molecular weight is 307 g/mol. The maximum absolute atomic E-state index is 12.5. The largest absolute Gasteiger partial charge is 0.296 e. The molecule has 0 radical (unpaired) electrons. The SMILES string of the molecule is CC(=O)/C(Cl)=N\Nc1c(C)n(C)n(-c2ccccc2)c1=O. The van der Waals surface area contributed by atoms with Gasteiger partial charge in [-0.1, -0.05) is 29.8 Å². The Bertz CT molecular complexity index is 759. The summed E-state index contributed by atoms with van der Waals surface area (Å²) in [7, 11) is 1.77. The third-order valence-corrected chi connectivity index (χ3v) is 3.46. The van der Waals surface area contributed by atoms with Crippen molar-refractivity contribution in [2.24, 2.45) is 12.1 Å². The molecule has 110 valence electrons. The first-order valence-corrected chi connectivity index (χ1v) is 6.65. The fourth-order valence-electron chi connectivity index (χ4n) is 1.88. The minimum atomic E-state index is -0.374. The Morgan fingerprint density at radius 1 is 1.29 bits per heavy atom. The van der Waals surface area contributed by atoms with E-state index < -0.39 is 0 Å². The number of nitrogens with one attached hydrogen (secondary N) is 1. The molecule has 0 atom stereocenters. The normalized spacial score (nSPS) is 11.5. The zero-order valence-corrected chi connectivity index (χ0v) is 12.7. The van der Waals surface area contributed by atoms with E-state index in [0.717, 1.165) is 5.69 Å². The Morgan fingerprint density at radius 3 is 2.48 bits per heavy atom. The molecule has 0 amide bonds. The molecular formula is C14H15ClN4O2. The predicted octanol–water partition coefficient (Wildman–Crippen LogP) is 2.04. The summed E-state index contributed by atoms with van der Waals surface area (Å²) in [5.41, 5.74) is 4.01. The molecule has 1 aromatic heterocycles. The van der Waals surface area contributed by atoms with Gasteiger partial charge in [-0.15, -0.1) is 0 Å². The van der Waals surface area contributed by atoms with Crippen LogP contribution in [-0.2, 0) is 11.8 Å². The van der Waals surface area contributed by atoms with Gasteiger partial charge < -0.3 is 0 Å². The zero-order chi connectivity index (χ0) is 15.6. The monoisotopic (exact) mass is 306 g/mol. The van der Waals surface area contributed by atoms with Gasteiger partial charge in [0.05, 0.1) is 11.4 Å². The lowest BCUT2D eigenvalue weighted by Crippen LogP contribution is -2.20. The highest BCUT2D eigenvalue weighted by molar-refractivity contribution is 6.82. The number of rotatable bonds is 4. The maximum Gasteiger partial charge on any atom is 0.296 e. The van der Waals surface area contributed by atoms with Crippen molar-refractivity contribution in [3.8, 4) is 5.69 Å². The molecule has 0 spiro atoms. The molecule has 1 heterocycles. The number of halogens is 1. The molecule has 2 aromatic rings. The average Bonchev–Trinajstić information content (AvgIpc) is 2.68. The van der Waals surface area contributed by atoms with Crippen molar-refractivity contribution in [3.63, 3.8) is 0 Å². The van der Waals surface area contributed by atoms with E-state index in [2.05, 4.69) is 10.5 Å². The molecule has 21 heavy (non-hydrogen) atoms. The molecule has 0 bridgehead atoms. The van der Waals surface area contributed by atoms with Gasteiger partial charge in [0, 0.05) is 14.0 Å². The van der Waals surface area contributed by atoms with Gasteiger partial charge in [0.1, 0.15) is 5.69 Å². The lowest BCUT2D eigenvalue weighted by Gasteiger charge is -2.07. The number of carbonyl (C=O) groups excluding carboxylic acids is 1. The summed E-state index contributed by atoms with van der Waals surface area (Å²) in [5.74, 6) is -0.374. The van der Waals surface area contributed by atoms with E-state index >= 15 is 0 Å². The summed E-state index contributed by atoms with van der Waals surface area (Å²) < 4.78 is 3.21. The smallest absolute Gasteiger partial charge is 0.292 e. The van der Waals surface area contributed by atoms with Crippen molar-refractivity contribution < 1.29 is 4.79 Å². The summed E-state index contributed by atoms with van der Waals surface area (Å²) in [5, 5.41) is 3.51. The van der Waals surface area contributed by atoms with Gasteiger partial charge in [0.25, 0.3) is 5.56 Å². The molecule has 1 N–H and O–H groups in total. The van der Waals surface area contributed by atoms with Crippen molar-refractivity contribution in [3.05, 3.63) is 46.4 Å². The van der Waals surface area contributed by atoms with Gasteiger partial charge in [0.15, 0.2) is 11.0 Å². The van der Waals surface area contributed by atoms with E-state index in [9.17, 15) is 9.59 Å². The Kier molecular flexibility index (Phi) is 4.28. The van der Waals surface area contributed by atoms with E-state index in [1.807, 2.05) is 30.3 Å². The number of nitrogens with zero attached hydrogens (tertiary/aromatic N) is 3. The number of anilines is 1. The fourth-order valence-corrected chi connectivity index (χ4v) is 1.92. The van der Waals surface area contributed by atoms with Gasteiger partial charge in [0.2, 0.25) is 0 Å². The highest BCUT2D eigenvalue weighted by Gasteiger charge is 2.15. The number of ketones is 1. The molecule has 7 heteroatoms. The zero-order valence-electron chi connectivity index (χ0n) is 11.9. The molecule has 0 saturated heterocycles. The Balaban J connectivity index is 2.49. The van der Waals surface area contributed by atoms with E-state index in [1.165, 1.54) is 11.6 Å². The lowest BCUT2D eigenvalue weighted by molar-refractivity contribution is -0.110. The van der Waals surface area contributed by atoms with Crippen molar-refractivity contribution in [1.82, 2.24) is 9.36 Å². The van der Waals surface area contributed by atoms with Gasteiger partial charge in [-0.05, 0) is 19.1 Å². The number of aromatic nitrogens is 2. The maximum atomic E-state index is 12.5. The van der Waals surface area contributed by atoms with Crippen LogP contribution in [0.4, 0.5) is 5.69 Å². The van der Waals surface area contributed by atoms with E-state index in [-0.39, 0.29) is 22.2 Å². The van der Waals surface area contributed by atoms with Gasteiger partial charge >= 0.3 is 0 Å². The lowest BCUT2D eigenvalue weighted by atomic mass is 10.3. The Morgan fingerprint density at radius 2 is 1.90 bits per heavy atom. The van der Waals surface area contributed by atoms with Crippen LogP contribution in [0.2, 0.25) is 0 Å². The van der Waals surface area contributed by atoms with Crippen molar-refractivity contribution in [1.29, 1.82) is 0 Å². The minimum absolute atomic E-state index is 0.205. The molecule has 6 nitrogen and oxygen atoms in total. The number of hydrazone groups is 1. The van der Waals surface area contributed by atoms with Crippen molar-refractivity contribution in [2.45, 2.75) is 13.8 Å². The number of para-hydroxylation sites is 1. The van der Waals surface area contributed by atoms with Crippen LogP contribution in [0.5, 0.6) is 0 Å². The molecule has 1 aromatic carbocycles. The fraction of sp³-hybridized carbons (Fsp3) is 0.214. The van der Waals surface area contributed by atoms with Crippen LogP contribution in [0.1, 0.15) is 12.6 Å². The molecule has 0 unspecified atom stereocenters. The highest BCUT2D eigenvalue weighted by atomic mass is 35.5. The molecule has 0 fully saturated rings. The second kappa shape index (κ2) is 5.97. The van der Waals surface area contributed by atoms with Crippen LogP contribution in [0.3, 0.4) is 0 Å². The third-order valence-electron chi connectivity index (χ3n) is 3.11. The molecule has 0 saturated carbocycles. The number of hydrogen-bond donors (Lipinski definition) is 1. The second-order valence-electron chi connectivity index (χ2n) is 4.51. The van der Waals surface area contributed by atoms with Crippen LogP contribution in [0.25, 0.3) is 5.69 Å². The van der Waals surface area contributed by atoms with Gasteiger partial charge in [-0.25, -0.2) is 4.68 Å². The standard InChI is InChI=1S/C14H15ClN4O2/c1-9-12(16-17-13(15)10(2)20)14(21)19(18(9)3)11-7-5-4-6-8-11/h4-8,16H,1-3H3/b17-13+. The summed E-state index contributed by atoms with van der Waals surface area (Å²) in [4.78, 5) is 23.5. The topological polar surface area (TPSA) is 68.4 Å². The third kappa shape index (κ3) is 2.90. The first kappa shape index (κ1) is 15.1. The second-order valence-corrected chi connectivity index (χ2v) is 4.87. The molecule has 0 aliphatic rings. The predicted molar refractivity (Wildman–Crippen MR) is 83.3 cm³/mol. The van der Waals surface area contributed by atoms with Crippen LogP contribution in [-0.4, -0.2) is 20.3 Å². The molecule has 0 aliphatic carbocycles.